The summed E-state index contributed by atoms with van der Waals surface area (Å²) in [7, 11) is 1.57. The first-order valence-electron chi connectivity index (χ1n) is 4.58. The molecule has 0 aliphatic rings. The molecule has 78 valence electrons. The zero-order valence-electron chi connectivity index (χ0n) is 8.62. The summed E-state index contributed by atoms with van der Waals surface area (Å²) in [5.74, 6) is 0.752. The minimum absolute atomic E-state index is 0.115. The van der Waals surface area contributed by atoms with Crippen LogP contribution in [0.25, 0.3) is 0 Å². The lowest BCUT2D eigenvalue weighted by atomic mass is 9.98. The van der Waals surface area contributed by atoms with Crippen LogP contribution < -0.4 is 4.74 Å². The highest BCUT2D eigenvalue weighted by Gasteiger charge is 2.19. The minimum atomic E-state index is -0.585. The van der Waals surface area contributed by atoms with E-state index in [0.717, 1.165) is 0 Å². The Balaban J connectivity index is 3.16. The van der Waals surface area contributed by atoms with E-state index in [0.29, 0.717) is 16.3 Å². The van der Waals surface area contributed by atoms with Gasteiger partial charge in [-0.05, 0) is 18.1 Å². The normalized spacial score (nSPS) is 13.0. The topological polar surface area (TPSA) is 29.5 Å². The van der Waals surface area contributed by atoms with Crippen LogP contribution in [0.5, 0.6) is 5.75 Å². The molecule has 14 heavy (non-hydrogen) atoms. The van der Waals surface area contributed by atoms with Crippen LogP contribution in [0.3, 0.4) is 0 Å². The number of benzene rings is 1. The first kappa shape index (κ1) is 11.3. The number of methoxy groups -OCH3 is 1. The molecule has 1 aromatic rings. The lowest BCUT2D eigenvalue weighted by Gasteiger charge is -2.19. The standard InChI is InChI=1S/C11H15ClO2/c1-7(2)11(13)10-8(12)5-4-6-9(10)14-3/h4-7,11,13H,1-3H3. The van der Waals surface area contributed by atoms with Gasteiger partial charge in [-0.3, -0.25) is 0 Å². The Morgan fingerprint density at radius 3 is 2.50 bits per heavy atom. The van der Waals surface area contributed by atoms with Gasteiger partial charge in [-0.1, -0.05) is 31.5 Å². The van der Waals surface area contributed by atoms with Gasteiger partial charge in [0.1, 0.15) is 5.75 Å². The quantitative estimate of drug-likeness (QED) is 0.838. The van der Waals surface area contributed by atoms with E-state index in [1.165, 1.54) is 0 Å². The van der Waals surface area contributed by atoms with E-state index in [-0.39, 0.29) is 5.92 Å². The number of ether oxygens (including phenoxy) is 1. The smallest absolute Gasteiger partial charge is 0.126 e. The third-order valence-corrected chi connectivity index (χ3v) is 2.49. The number of aliphatic hydroxyl groups is 1. The van der Waals surface area contributed by atoms with Gasteiger partial charge in [-0.2, -0.15) is 0 Å². The van der Waals surface area contributed by atoms with Crippen LogP contribution >= 0.6 is 11.6 Å². The van der Waals surface area contributed by atoms with Gasteiger partial charge in [0.15, 0.2) is 0 Å². The van der Waals surface area contributed by atoms with E-state index in [2.05, 4.69) is 0 Å². The predicted octanol–water partition coefficient (Wildman–Crippen LogP) is 3.04. The molecule has 0 bridgehead atoms. The molecule has 1 N–H and O–H groups in total. The highest BCUT2D eigenvalue weighted by molar-refractivity contribution is 6.31. The Labute approximate surface area is 89.5 Å². The van der Waals surface area contributed by atoms with Crippen molar-refractivity contribution in [1.29, 1.82) is 0 Å². The van der Waals surface area contributed by atoms with Crippen LogP contribution in [0.15, 0.2) is 18.2 Å². The van der Waals surface area contributed by atoms with Gasteiger partial charge in [-0.25, -0.2) is 0 Å². The molecule has 1 aromatic carbocycles. The fraction of sp³-hybridized carbons (Fsp3) is 0.455. The van der Waals surface area contributed by atoms with Crippen LogP contribution in [-0.4, -0.2) is 12.2 Å². The summed E-state index contributed by atoms with van der Waals surface area (Å²) in [6, 6.07) is 5.36. The first-order valence-corrected chi connectivity index (χ1v) is 4.96. The summed E-state index contributed by atoms with van der Waals surface area (Å²) in [6.07, 6.45) is -0.585. The molecule has 0 aliphatic carbocycles. The second-order valence-corrected chi connectivity index (χ2v) is 3.95. The van der Waals surface area contributed by atoms with Crippen molar-refractivity contribution in [2.24, 2.45) is 5.92 Å². The molecule has 3 heteroatoms. The molecule has 0 heterocycles. The SMILES string of the molecule is COc1cccc(Cl)c1C(O)C(C)C. The van der Waals surface area contributed by atoms with Crippen molar-refractivity contribution in [3.8, 4) is 5.75 Å². The third kappa shape index (κ3) is 2.20. The predicted molar refractivity (Wildman–Crippen MR) is 57.8 cm³/mol. The Morgan fingerprint density at radius 1 is 1.36 bits per heavy atom. The average Bonchev–Trinajstić information content (AvgIpc) is 2.16. The van der Waals surface area contributed by atoms with Crippen molar-refractivity contribution in [1.82, 2.24) is 0 Å². The molecule has 0 saturated carbocycles. The summed E-state index contributed by atoms with van der Waals surface area (Å²) in [6.45, 7) is 3.88. The van der Waals surface area contributed by atoms with Gasteiger partial charge >= 0.3 is 0 Å². The molecular formula is C11H15ClO2. The summed E-state index contributed by atoms with van der Waals surface area (Å²) in [5.41, 5.74) is 0.673. The zero-order chi connectivity index (χ0) is 10.7. The van der Waals surface area contributed by atoms with Crippen LogP contribution in [0.4, 0.5) is 0 Å². The van der Waals surface area contributed by atoms with Crippen molar-refractivity contribution in [3.63, 3.8) is 0 Å². The number of rotatable bonds is 3. The third-order valence-electron chi connectivity index (χ3n) is 2.16. The summed E-state index contributed by atoms with van der Waals surface area (Å²) in [4.78, 5) is 0. The maximum Gasteiger partial charge on any atom is 0.126 e. The van der Waals surface area contributed by atoms with Crippen LogP contribution in [0.2, 0.25) is 5.02 Å². The van der Waals surface area contributed by atoms with Crippen LogP contribution in [0.1, 0.15) is 25.5 Å². The monoisotopic (exact) mass is 214 g/mol. The number of halogens is 1. The van der Waals surface area contributed by atoms with Crippen LogP contribution in [-0.2, 0) is 0 Å². The Morgan fingerprint density at radius 2 is 2.00 bits per heavy atom. The molecule has 0 aromatic heterocycles. The van der Waals surface area contributed by atoms with Crippen molar-refractivity contribution in [2.45, 2.75) is 20.0 Å². The van der Waals surface area contributed by atoms with Crippen molar-refractivity contribution < 1.29 is 9.84 Å². The zero-order valence-corrected chi connectivity index (χ0v) is 9.38. The lowest BCUT2D eigenvalue weighted by molar-refractivity contribution is 0.123. The van der Waals surface area contributed by atoms with E-state index >= 15 is 0 Å². The minimum Gasteiger partial charge on any atom is -0.496 e. The average molecular weight is 215 g/mol. The number of hydrogen-bond donors (Lipinski definition) is 1. The molecule has 1 atom stereocenters. The molecule has 2 nitrogen and oxygen atoms in total. The second kappa shape index (κ2) is 4.67. The maximum atomic E-state index is 9.93. The molecule has 1 rings (SSSR count). The number of aliphatic hydroxyl groups excluding tert-OH is 1. The summed E-state index contributed by atoms with van der Waals surface area (Å²) >= 11 is 6.01. The van der Waals surface area contributed by atoms with Gasteiger partial charge in [0.05, 0.1) is 18.2 Å². The van der Waals surface area contributed by atoms with Gasteiger partial charge in [0, 0.05) is 5.56 Å². The summed E-state index contributed by atoms with van der Waals surface area (Å²) < 4.78 is 5.15. The number of hydrogen-bond acceptors (Lipinski definition) is 2. The molecule has 0 saturated heterocycles. The fourth-order valence-electron chi connectivity index (χ4n) is 1.32. The molecule has 0 amide bonds. The van der Waals surface area contributed by atoms with Crippen molar-refractivity contribution in [2.75, 3.05) is 7.11 Å². The van der Waals surface area contributed by atoms with Gasteiger partial charge in [0.25, 0.3) is 0 Å². The van der Waals surface area contributed by atoms with E-state index in [1.54, 1.807) is 25.3 Å². The van der Waals surface area contributed by atoms with E-state index in [1.807, 2.05) is 13.8 Å². The largest absolute Gasteiger partial charge is 0.496 e. The highest BCUT2D eigenvalue weighted by atomic mass is 35.5. The van der Waals surface area contributed by atoms with E-state index in [9.17, 15) is 5.11 Å². The molecular weight excluding hydrogens is 200 g/mol. The van der Waals surface area contributed by atoms with Crippen molar-refractivity contribution >= 4 is 11.6 Å². The second-order valence-electron chi connectivity index (χ2n) is 3.54. The van der Waals surface area contributed by atoms with Crippen molar-refractivity contribution in [3.05, 3.63) is 28.8 Å². The Hall–Kier alpha value is -0.730. The van der Waals surface area contributed by atoms with Crippen LogP contribution in [0, 0.1) is 5.92 Å². The molecule has 0 spiro atoms. The highest BCUT2D eigenvalue weighted by Crippen LogP contribution is 2.35. The summed E-state index contributed by atoms with van der Waals surface area (Å²) in [5, 5.41) is 10.5. The van der Waals surface area contributed by atoms with E-state index < -0.39 is 6.10 Å². The maximum absolute atomic E-state index is 9.93. The molecule has 0 aliphatic heterocycles. The van der Waals surface area contributed by atoms with Gasteiger partial charge < -0.3 is 9.84 Å². The lowest BCUT2D eigenvalue weighted by Crippen LogP contribution is -2.07. The first-order chi connectivity index (χ1) is 6.57. The Bertz CT molecular complexity index is 310. The van der Waals surface area contributed by atoms with E-state index in [4.69, 9.17) is 16.3 Å². The Kier molecular flexibility index (Phi) is 3.78. The van der Waals surface area contributed by atoms with Gasteiger partial charge in [0.2, 0.25) is 0 Å². The fourth-order valence-corrected chi connectivity index (χ4v) is 1.59. The van der Waals surface area contributed by atoms with Gasteiger partial charge in [-0.15, -0.1) is 0 Å². The molecule has 0 fully saturated rings. The molecule has 1 unspecified atom stereocenters. The molecule has 0 radical (unpaired) electrons.